The summed E-state index contributed by atoms with van der Waals surface area (Å²) >= 11 is 5.90. The number of nitrogens with zero attached hydrogens (tertiary/aromatic N) is 2. The molecule has 132 valence electrons. The number of rotatable bonds is 6. The van der Waals surface area contributed by atoms with E-state index in [9.17, 15) is 9.59 Å². The number of carbonyl (C=O) groups is 2. The third-order valence-electron chi connectivity index (χ3n) is 4.57. The molecule has 3 aromatic rings. The molecule has 1 heterocycles. The first-order valence-corrected chi connectivity index (χ1v) is 9.00. The van der Waals surface area contributed by atoms with E-state index in [0.29, 0.717) is 23.0 Å². The number of halogens is 1. The van der Waals surface area contributed by atoms with Crippen molar-refractivity contribution >= 4 is 34.3 Å². The molecule has 1 saturated carbocycles. The Morgan fingerprint density at radius 1 is 1.12 bits per heavy atom. The van der Waals surface area contributed by atoms with Crippen molar-refractivity contribution < 1.29 is 9.59 Å². The zero-order chi connectivity index (χ0) is 18.1. The number of carbonyl (C=O) groups excluding carboxylic acids is 2. The van der Waals surface area contributed by atoms with Gasteiger partial charge in [-0.1, -0.05) is 23.7 Å². The van der Waals surface area contributed by atoms with Crippen molar-refractivity contribution in [1.29, 1.82) is 0 Å². The van der Waals surface area contributed by atoms with Gasteiger partial charge >= 0.3 is 0 Å². The molecule has 4 rings (SSSR count). The van der Waals surface area contributed by atoms with Gasteiger partial charge in [-0.15, -0.1) is 0 Å². The number of benzene rings is 2. The highest BCUT2D eigenvalue weighted by atomic mass is 35.5. The van der Waals surface area contributed by atoms with Crippen LogP contribution < -0.4 is 5.32 Å². The number of hydrogen-bond donors (Lipinski definition) is 1. The van der Waals surface area contributed by atoms with Crippen LogP contribution in [0, 0.1) is 5.92 Å². The minimum Gasteiger partial charge on any atom is -0.349 e. The fraction of sp³-hybridized carbons (Fsp3) is 0.250. The Morgan fingerprint density at radius 3 is 2.58 bits per heavy atom. The lowest BCUT2D eigenvalue weighted by Crippen LogP contribution is -2.26. The smallest absolute Gasteiger partial charge is 0.223 e. The van der Waals surface area contributed by atoms with E-state index in [1.807, 2.05) is 28.8 Å². The number of imidazole rings is 1. The number of ketones is 1. The SMILES string of the molecule is O=C(Cn1c(CNC(=O)C2CC2)nc2ccccc21)c1ccc(Cl)cc1. The lowest BCUT2D eigenvalue weighted by atomic mass is 10.1. The van der Waals surface area contributed by atoms with Crippen LogP contribution in [0.1, 0.15) is 29.0 Å². The van der Waals surface area contributed by atoms with Gasteiger partial charge in [0.05, 0.1) is 24.1 Å². The van der Waals surface area contributed by atoms with Crippen molar-refractivity contribution in [2.24, 2.45) is 5.92 Å². The van der Waals surface area contributed by atoms with Crippen LogP contribution in [0.25, 0.3) is 11.0 Å². The maximum atomic E-state index is 12.7. The van der Waals surface area contributed by atoms with Crippen molar-refractivity contribution in [3.63, 3.8) is 0 Å². The summed E-state index contributed by atoms with van der Waals surface area (Å²) in [6.07, 6.45) is 1.91. The van der Waals surface area contributed by atoms with E-state index in [2.05, 4.69) is 10.3 Å². The largest absolute Gasteiger partial charge is 0.349 e. The van der Waals surface area contributed by atoms with Gasteiger partial charge in [-0.3, -0.25) is 9.59 Å². The molecule has 0 spiro atoms. The van der Waals surface area contributed by atoms with Crippen molar-refractivity contribution in [2.75, 3.05) is 0 Å². The second-order valence-electron chi connectivity index (χ2n) is 6.53. The number of Topliss-reactive ketones (excluding diaryl/α,β-unsaturated/α-hetero) is 1. The Hall–Kier alpha value is -2.66. The second kappa shape index (κ2) is 6.92. The topological polar surface area (TPSA) is 64.0 Å². The van der Waals surface area contributed by atoms with Gasteiger partial charge in [0, 0.05) is 16.5 Å². The minimum absolute atomic E-state index is 0.0282. The molecule has 1 aliphatic rings. The first kappa shape index (κ1) is 16.8. The van der Waals surface area contributed by atoms with E-state index in [0.717, 1.165) is 23.9 Å². The highest BCUT2D eigenvalue weighted by Gasteiger charge is 2.29. The summed E-state index contributed by atoms with van der Waals surface area (Å²) < 4.78 is 1.87. The predicted octanol–water partition coefficient (Wildman–Crippen LogP) is 3.60. The highest BCUT2D eigenvalue weighted by molar-refractivity contribution is 6.30. The molecule has 1 aromatic heterocycles. The molecule has 0 unspecified atom stereocenters. The highest BCUT2D eigenvalue weighted by Crippen LogP contribution is 2.29. The van der Waals surface area contributed by atoms with Crippen LogP contribution in [0.2, 0.25) is 5.02 Å². The van der Waals surface area contributed by atoms with Gasteiger partial charge in [0.1, 0.15) is 5.82 Å². The molecule has 0 radical (unpaired) electrons. The fourth-order valence-corrected chi connectivity index (χ4v) is 3.09. The van der Waals surface area contributed by atoms with Crippen LogP contribution >= 0.6 is 11.6 Å². The molecule has 0 bridgehead atoms. The molecule has 1 N–H and O–H groups in total. The molecule has 0 saturated heterocycles. The van der Waals surface area contributed by atoms with Gasteiger partial charge in [-0.25, -0.2) is 4.98 Å². The van der Waals surface area contributed by atoms with E-state index in [4.69, 9.17) is 11.6 Å². The fourth-order valence-electron chi connectivity index (χ4n) is 2.96. The quantitative estimate of drug-likeness (QED) is 0.677. The molecule has 2 aromatic carbocycles. The van der Waals surface area contributed by atoms with E-state index in [1.54, 1.807) is 24.3 Å². The molecular weight excluding hydrogens is 350 g/mol. The third kappa shape index (κ3) is 3.48. The predicted molar refractivity (Wildman–Crippen MR) is 100 cm³/mol. The molecule has 1 amide bonds. The zero-order valence-electron chi connectivity index (χ0n) is 14.1. The van der Waals surface area contributed by atoms with Crippen LogP contribution in [0.5, 0.6) is 0 Å². The van der Waals surface area contributed by atoms with Crippen molar-refractivity contribution in [1.82, 2.24) is 14.9 Å². The number of hydrogen-bond acceptors (Lipinski definition) is 3. The number of fused-ring (bicyclic) bond motifs is 1. The van der Waals surface area contributed by atoms with Gasteiger partial charge in [0.2, 0.25) is 5.91 Å². The lowest BCUT2D eigenvalue weighted by Gasteiger charge is -2.10. The second-order valence-corrected chi connectivity index (χ2v) is 6.96. The van der Waals surface area contributed by atoms with Crippen molar-refractivity contribution in [3.8, 4) is 0 Å². The summed E-state index contributed by atoms with van der Waals surface area (Å²) in [4.78, 5) is 29.2. The van der Waals surface area contributed by atoms with Crippen LogP contribution in [0.15, 0.2) is 48.5 Å². The van der Waals surface area contributed by atoms with Gasteiger partial charge in [0.15, 0.2) is 5.78 Å². The molecule has 0 aliphatic heterocycles. The van der Waals surface area contributed by atoms with Crippen LogP contribution in [-0.4, -0.2) is 21.2 Å². The van der Waals surface area contributed by atoms with Gasteiger partial charge in [0.25, 0.3) is 0 Å². The Labute approximate surface area is 156 Å². The normalized spacial score (nSPS) is 13.7. The van der Waals surface area contributed by atoms with E-state index in [-0.39, 0.29) is 24.2 Å². The first-order valence-electron chi connectivity index (χ1n) is 8.62. The van der Waals surface area contributed by atoms with Crippen molar-refractivity contribution in [3.05, 3.63) is 64.9 Å². The Bertz CT molecular complexity index is 974. The maximum Gasteiger partial charge on any atom is 0.223 e. The van der Waals surface area contributed by atoms with Crippen molar-refractivity contribution in [2.45, 2.75) is 25.9 Å². The average molecular weight is 368 g/mol. The Balaban J connectivity index is 1.61. The van der Waals surface area contributed by atoms with E-state index in [1.165, 1.54) is 0 Å². The van der Waals surface area contributed by atoms with Gasteiger partial charge in [-0.2, -0.15) is 0 Å². The average Bonchev–Trinajstić information content (AvgIpc) is 3.44. The number of aromatic nitrogens is 2. The van der Waals surface area contributed by atoms with Gasteiger partial charge < -0.3 is 9.88 Å². The summed E-state index contributed by atoms with van der Waals surface area (Å²) in [7, 11) is 0. The van der Waals surface area contributed by atoms with Crippen LogP contribution in [0.4, 0.5) is 0 Å². The molecule has 6 heteroatoms. The number of para-hydroxylation sites is 2. The Kier molecular flexibility index (Phi) is 4.47. The summed E-state index contributed by atoms with van der Waals surface area (Å²) in [6, 6.07) is 14.5. The monoisotopic (exact) mass is 367 g/mol. The first-order chi connectivity index (χ1) is 12.6. The molecule has 5 nitrogen and oxygen atoms in total. The third-order valence-corrected chi connectivity index (χ3v) is 4.82. The van der Waals surface area contributed by atoms with E-state index >= 15 is 0 Å². The van der Waals surface area contributed by atoms with Gasteiger partial charge in [-0.05, 0) is 49.2 Å². The number of amides is 1. The summed E-state index contributed by atoms with van der Waals surface area (Å²) in [5, 5.41) is 3.53. The molecule has 0 atom stereocenters. The molecule has 1 fully saturated rings. The van der Waals surface area contributed by atoms with Crippen LogP contribution in [-0.2, 0) is 17.9 Å². The minimum atomic E-state index is -0.0282. The summed E-state index contributed by atoms with van der Waals surface area (Å²) in [5.41, 5.74) is 2.29. The standard InChI is InChI=1S/C20H18ClN3O2/c21-15-9-7-13(8-10-15)18(25)12-24-17-4-2-1-3-16(17)23-19(24)11-22-20(26)14-5-6-14/h1-4,7-10,14H,5-6,11-12H2,(H,22,26). The molecule has 26 heavy (non-hydrogen) atoms. The summed E-state index contributed by atoms with van der Waals surface area (Å²) in [5.74, 6) is 0.860. The summed E-state index contributed by atoms with van der Waals surface area (Å²) in [6.45, 7) is 0.481. The lowest BCUT2D eigenvalue weighted by molar-refractivity contribution is -0.122. The maximum absolute atomic E-state index is 12.7. The zero-order valence-corrected chi connectivity index (χ0v) is 14.9. The molecule has 1 aliphatic carbocycles. The Morgan fingerprint density at radius 2 is 1.85 bits per heavy atom. The van der Waals surface area contributed by atoms with E-state index < -0.39 is 0 Å². The molecular formula is C20H18ClN3O2. The number of nitrogens with one attached hydrogen (secondary N) is 1. The van der Waals surface area contributed by atoms with Crippen LogP contribution in [0.3, 0.4) is 0 Å².